The van der Waals surface area contributed by atoms with Crippen molar-refractivity contribution in [1.82, 2.24) is 0 Å². The molecule has 2 aliphatic heterocycles. The van der Waals surface area contributed by atoms with Gasteiger partial charge in [-0.15, -0.1) is 0 Å². The van der Waals surface area contributed by atoms with Crippen LogP contribution in [0.2, 0.25) is 0 Å². The lowest BCUT2D eigenvalue weighted by molar-refractivity contribution is -0.931. The van der Waals surface area contributed by atoms with E-state index < -0.39 is 19.9 Å². The number of unbranched alkanes of at least 4 members (excludes halogenated alkanes) is 14. The zero-order valence-corrected chi connectivity index (χ0v) is 27.1. The molecule has 1 N–H and O–H groups in total. The molecule has 8 nitrogen and oxygen atoms in total. The number of carbonyl (C=O) groups is 1. The molecule has 0 amide bonds. The number of piperidine rings is 1. The average Bonchev–Trinajstić information content (AvgIpc) is 3.04. The van der Waals surface area contributed by atoms with Gasteiger partial charge >= 0.3 is 13.8 Å². The van der Waals surface area contributed by atoms with E-state index in [9.17, 15) is 14.3 Å². The van der Waals surface area contributed by atoms with Crippen LogP contribution in [0.5, 0.6) is 0 Å². The molecule has 2 rings (SSSR count). The van der Waals surface area contributed by atoms with Gasteiger partial charge in [0, 0.05) is 39.2 Å². The Morgan fingerprint density at radius 1 is 0.825 bits per heavy atom. The first-order valence-electron chi connectivity index (χ1n) is 16.4. The van der Waals surface area contributed by atoms with Gasteiger partial charge in [-0.25, -0.2) is 4.57 Å². The number of phosphoric acid groups is 1. The number of hydrogen-bond donors (Lipinski definition) is 1. The zero-order valence-electron chi connectivity index (χ0n) is 26.2. The lowest BCUT2D eigenvalue weighted by atomic mass is 9.98. The average molecular weight is 591 g/mol. The van der Waals surface area contributed by atoms with Crippen molar-refractivity contribution in [3.8, 4) is 0 Å². The van der Waals surface area contributed by atoms with Crippen molar-refractivity contribution in [3.05, 3.63) is 0 Å². The topological polar surface area (TPSA) is 91.3 Å². The maximum Gasteiger partial charge on any atom is 0.472 e. The minimum absolute atomic E-state index is 0.136. The van der Waals surface area contributed by atoms with Crippen LogP contribution >= 0.6 is 7.82 Å². The van der Waals surface area contributed by atoms with Crippen molar-refractivity contribution in [1.29, 1.82) is 0 Å². The van der Waals surface area contributed by atoms with Gasteiger partial charge in [-0.05, 0) is 6.42 Å². The SMILES string of the molecule is CCCCCCCCCCCCCCCCCOCC(COP(=O)(O)OC1CC2CCC(C1)[N+]2(C)C)OC(C)=O. The van der Waals surface area contributed by atoms with Crippen LogP contribution in [0.15, 0.2) is 0 Å². The van der Waals surface area contributed by atoms with Gasteiger partial charge in [0.05, 0.1) is 45.5 Å². The summed E-state index contributed by atoms with van der Waals surface area (Å²) >= 11 is 0. The van der Waals surface area contributed by atoms with Crippen LogP contribution < -0.4 is 0 Å². The maximum atomic E-state index is 12.6. The summed E-state index contributed by atoms with van der Waals surface area (Å²) < 4.78 is 35.3. The normalized spacial score (nSPS) is 24.1. The van der Waals surface area contributed by atoms with Gasteiger partial charge in [0.2, 0.25) is 0 Å². The zero-order chi connectivity index (χ0) is 29.3. The summed E-state index contributed by atoms with van der Waals surface area (Å²) in [6.07, 6.45) is 22.4. The number of nitrogens with zero attached hydrogens (tertiary/aromatic N) is 1. The molecule has 0 aromatic heterocycles. The lowest BCUT2D eigenvalue weighted by Crippen LogP contribution is -2.55. The second-order valence-corrected chi connectivity index (χ2v) is 14.1. The largest absolute Gasteiger partial charge is 0.472 e. The summed E-state index contributed by atoms with van der Waals surface area (Å²) in [4.78, 5) is 21.8. The fraction of sp³-hybridized carbons (Fsp3) is 0.968. The molecule has 0 aromatic rings. The molecule has 2 heterocycles. The highest BCUT2D eigenvalue weighted by atomic mass is 31.2. The van der Waals surface area contributed by atoms with E-state index >= 15 is 0 Å². The van der Waals surface area contributed by atoms with Crippen molar-refractivity contribution in [2.45, 2.75) is 160 Å². The molecule has 2 saturated heterocycles. The van der Waals surface area contributed by atoms with E-state index in [0.29, 0.717) is 18.7 Å². The number of hydrogen-bond acceptors (Lipinski definition) is 6. The third-order valence-electron chi connectivity index (χ3n) is 9.02. The van der Waals surface area contributed by atoms with Gasteiger partial charge in [0.1, 0.15) is 6.10 Å². The standard InChI is InChI=1S/C31H60NO7P/c1-5-6-7-8-9-10-11-12-13-14-15-16-17-18-19-22-36-25-31(38-27(2)33)26-37-40(34,35)39-30-23-28-20-21-29(24-30)32(28,3)4/h28-31H,5-26H2,1-4H3/p+1. The number of ether oxygens (including phenoxy) is 2. The smallest absolute Gasteiger partial charge is 0.458 e. The van der Waals surface area contributed by atoms with E-state index in [0.717, 1.165) is 43.0 Å². The number of quaternary nitrogens is 1. The Morgan fingerprint density at radius 3 is 1.77 bits per heavy atom. The summed E-state index contributed by atoms with van der Waals surface area (Å²) in [5.41, 5.74) is 0. The molecule has 40 heavy (non-hydrogen) atoms. The predicted molar refractivity (Wildman–Crippen MR) is 160 cm³/mol. The van der Waals surface area contributed by atoms with E-state index in [4.69, 9.17) is 18.5 Å². The molecule has 0 radical (unpaired) electrons. The van der Waals surface area contributed by atoms with Crippen molar-refractivity contribution in [3.63, 3.8) is 0 Å². The summed E-state index contributed by atoms with van der Waals surface area (Å²) in [6.45, 7) is 4.06. The highest BCUT2D eigenvalue weighted by Crippen LogP contribution is 2.50. The van der Waals surface area contributed by atoms with Crippen molar-refractivity contribution in [2.75, 3.05) is 33.9 Å². The maximum absolute atomic E-state index is 12.6. The van der Waals surface area contributed by atoms with Crippen molar-refractivity contribution >= 4 is 13.8 Å². The van der Waals surface area contributed by atoms with Gasteiger partial charge in [-0.2, -0.15) is 0 Å². The van der Waals surface area contributed by atoms with E-state index in [1.807, 2.05) is 0 Å². The molecule has 0 saturated carbocycles. The third kappa shape index (κ3) is 14.6. The fourth-order valence-electron chi connectivity index (χ4n) is 6.45. The predicted octanol–water partition coefficient (Wildman–Crippen LogP) is 7.71. The first-order chi connectivity index (χ1) is 19.1. The van der Waals surface area contributed by atoms with E-state index in [1.165, 1.54) is 90.4 Å². The Hall–Kier alpha value is -0.500. The van der Waals surface area contributed by atoms with E-state index in [2.05, 4.69) is 21.0 Å². The van der Waals surface area contributed by atoms with Gasteiger partial charge in [-0.1, -0.05) is 96.8 Å². The number of carbonyl (C=O) groups excluding carboxylic acids is 1. The lowest BCUT2D eigenvalue weighted by Gasteiger charge is -2.44. The number of phosphoric ester groups is 1. The Labute approximate surface area is 245 Å². The van der Waals surface area contributed by atoms with Gasteiger partial charge in [0.25, 0.3) is 0 Å². The van der Waals surface area contributed by atoms with Crippen LogP contribution in [-0.2, 0) is 27.9 Å². The number of rotatable bonds is 24. The quantitative estimate of drug-likeness (QED) is 0.0533. The molecule has 4 unspecified atom stereocenters. The Kier molecular flexibility index (Phi) is 17.5. The van der Waals surface area contributed by atoms with Gasteiger partial charge in [-0.3, -0.25) is 13.8 Å². The Morgan fingerprint density at radius 2 is 1.30 bits per heavy atom. The third-order valence-corrected chi connectivity index (χ3v) is 10.1. The minimum atomic E-state index is -4.26. The molecular formula is C31H61NO7P+. The highest BCUT2D eigenvalue weighted by Gasteiger charge is 2.50. The minimum Gasteiger partial charge on any atom is -0.458 e. The van der Waals surface area contributed by atoms with Crippen LogP contribution in [0.4, 0.5) is 0 Å². The summed E-state index contributed by atoms with van der Waals surface area (Å²) in [6, 6.07) is 0.899. The van der Waals surface area contributed by atoms with Gasteiger partial charge < -0.3 is 18.9 Å². The first-order valence-corrected chi connectivity index (χ1v) is 17.9. The second-order valence-electron chi connectivity index (χ2n) is 12.7. The molecule has 2 bridgehead atoms. The summed E-state index contributed by atoms with van der Waals surface area (Å²) in [5.74, 6) is -0.471. The first kappa shape index (κ1) is 35.7. The monoisotopic (exact) mass is 590 g/mol. The van der Waals surface area contributed by atoms with Crippen LogP contribution in [0, 0.1) is 0 Å². The van der Waals surface area contributed by atoms with Crippen LogP contribution in [0.25, 0.3) is 0 Å². The molecule has 0 spiro atoms. The van der Waals surface area contributed by atoms with Crippen molar-refractivity contribution < 1.29 is 37.3 Å². The van der Waals surface area contributed by atoms with Crippen LogP contribution in [-0.4, -0.2) is 73.6 Å². The fourth-order valence-corrected chi connectivity index (χ4v) is 7.42. The molecule has 4 atom stereocenters. The molecule has 2 aliphatic rings. The molecule has 0 aromatic carbocycles. The molecule has 0 aliphatic carbocycles. The van der Waals surface area contributed by atoms with Crippen molar-refractivity contribution in [2.24, 2.45) is 0 Å². The molecule has 9 heteroatoms. The molecule has 2 fully saturated rings. The Balaban J connectivity index is 1.48. The Bertz CT molecular complexity index is 718. The molecule has 236 valence electrons. The van der Waals surface area contributed by atoms with Gasteiger partial charge in [0.15, 0.2) is 0 Å². The molecular weight excluding hydrogens is 529 g/mol. The summed E-state index contributed by atoms with van der Waals surface area (Å²) in [5, 5.41) is 0. The van der Waals surface area contributed by atoms with E-state index in [-0.39, 0.29) is 19.3 Å². The van der Waals surface area contributed by atoms with E-state index in [1.54, 1.807) is 0 Å². The highest BCUT2D eigenvalue weighted by molar-refractivity contribution is 7.47. The summed E-state index contributed by atoms with van der Waals surface area (Å²) in [7, 11) is 0.209. The number of esters is 1. The number of fused-ring (bicyclic) bond motifs is 2. The van der Waals surface area contributed by atoms with Crippen LogP contribution in [0.3, 0.4) is 0 Å². The van der Waals surface area contributed by atoms with Crippen LogP contribution in [0.1, 0.15) is 136 Å². The second kappa shape index (κ2) is 19.6.